The van der Waals surface area contributed by atoms with Crippen molar-refractivity contribution in [2.24, 2.45) is 5.73 Å². The first-order valence-electron chi connectivity index (χ1n) is 4.57. The van der Waals surface area contributed by atoms with Gasteiger partial charge in [0.05, 0.1) is 0 Å². The van der Waals surface area contributed by atoms with E-state index in [2.05, 4.69) is 32.0 Å². The van der Waals surface area contributed by atoms with Gasteiger partial charge in [-0.25, -0.2) is 0 Å². The molecule has 0 spiro atoms. The Morgan fingerprint density at radius 1 is 1.23 bits per heavy atom. The summed E-state index contributed by atoms with van der Waals surface area (Å²) in [5, 5.41) is 0. The largest absolute Gasteiger partial charge is 0.330 e. The van der Waals surface area contributed by atoms with Crippen LogP contribution in [-0.4, -0.2) is 6.54 Å². The minimum Gasteiger partial charge on any atom is -0.330 e. The monoisotopic (exact) mass is 199 g/mol. The van der Waals surface area contributed by atoms with E-state index >= 15 is 0 Å². The number of nitrogens with two attached hydrogens (primary N) is 1. The van der Waals surface area contributed by atoms with Crippen LogP contribution in [0.25, 0.3) is 0 Å². The van der Waals surface area contributed by atoms with Crippen LogP contribution >= 0.6 is 12.4 Å². The van der Waals surface area contributed by atoms with Gasteiger partial charge in [0, 0.05) is 0 Å². The maximum Gasteiger partial charge on any atom is -0.00366 e. The molecule has 0 unspecified atom stereocenters. The second-order valence-electron chi connectivity index (χ2n) is 3.09. The number of hydrogen-bond donors (Lipinski definition) is 1. The van der Waals surface area contributed by atoms with Gasteiger partial charge >= 0.3 is 0 Å². The molecule has 2 heteroatoms. The molecule has 1 aromatic rings. The van der Waals surface area contributed by atoms with Crippen molar-refractivity contribution >= 4 is 12.4 Å². The van der Waals surface area contributed by atoms with Gasteiger partial charge in [-0.1, -0.05) is 25.1 Å². The van der Waals surface area contributed by atoms with Crippen LogP contribution in [0.15, 0.2) is 18.2 Å². The van der Waals surface area contributed by atoms with Gasteiger partial charge in [0.25, 0.3) is 0 Å². The molecule has 1 nitrogen and oxygen atoms in total. The maximum atomic E-state index is 5.52. The summed E-state index contributed by atoms with van der Waals surface area (Å²) < 4.78 is 0. The first-order chi connectivity index (χ1) is 5.79. The molecule has 1 aromatic carbocycles. The van der Waals surface area contributed by atoms with Gasteiger partial charge in [-0.3, -0.25) is 0 Å². The molecule has 0 aromatic heterocycles. The Hall–Kier alpha value is -0.530. The van der Waals surface area contributed by atoms with Gasteiger partial charge in [-0.05, 0) is 43.0 Å². The van der Waals surface area contributed by atoms with Crippen LogP contribution in [0.4, 0.5) is 0 Å². The predicted molar refractivity (Wildman–Crippen MR) is 60.6 cm³/mol. The summed E-state index contributed by atoms with van der Waals surface area (Å²) in [5.41, 5.74) is 9.79. The van der Waals surface area contributed by atoms with E-state index in [1.807, 2.05) is 0 Å². The lowest BCUT2D eigenvalue weighted by molar-refractivity contribution is 0.946. The highest BCUT2D eigenvalue weighted by atomic mass is 35.5. The first-order valence-corrected chi connectivity index (χ1v) is 4.57. The highest BCUT2D eigenvalue weighted by Gasteiger charge is 2.00. The Morgan fingerprint density at radius 3 is 2.38 bits per heavy atom. The summed E-state index contributed by atoms with van der Waals surface area (Å²) in [6, 6.07) is 6.48. The number of aryl methyl sites for hydroxylation is 1. The van der Waals surface area contributed by atoms with E-state index in [0.29, 0.717) is 0 Å². The van der Waals surface area contributed by atoms with E-state index < -0.39 is 0 Å². The molecular weight excluding hydrogens is 182 g/mol. The molecular formula is C11H18ClN. The lowest BCUT2D eigenvalue weighted by Crippen LogP contribution is -2.05. The molecule has 0 bridgehead atoms. The van der Waals surface area contributed by atoms with Crippen LogP contribution in [-0.2, 0) is 12.8 Å². The van der Waals surface area contributed by atoms with Crippen LogP contribution in [0.3, 0.4) is 0 Å². The van der Waals surface area contributed by atoms with Crippen molar-refractivity contribution in [2.45, 2.75) is 26.7 Å². The van der Waals surface area contributed by atoms with Crippen LogP contribution in [0.5, 0.6) is 0 Å². The lowest BCUT2D eigenvalue weighted by Gasteiger charge is -2.08. The van der Waals surface area contributed by atoms with E-state index in [1.54, 1.807) is 0 Å². The fourth-order valence-electron chi connectivity index (χ4n) is 1.55. The molecule has 74 valence electrons. The maximum absolute atomic E-state index is 5.52. The topological polar surface area (TPSA) is 26.0 Å². The minimum absolute atomic E-state index is 0. The average Bonchev–Trinajstić information content (AvgIpc) is 2.09. The van der Waals surface area contributed by atoms with Gasteiger partial charge in [0.1, 0.15) is 0 Å². The normalized spacial score (nSPS) is 9.46. The summed E-state index contributed by atoms with van der Waals surface area (Å²) in [6.07, 6.45) is 2.11. The fourth-order valence-corrected chi connectivity index (χ4v) is 1.55. The highest BCUT2D eigenvalue weighted by Crippen LogP contribution is 2.14. The van der Waals surface area contributed by atoms with Crippen molar-refractivity contribution in [1.29, 1.82) is 0 Å². The zero-order valence-electron chi connectivity index (χ0n) is 8.34. The average molecular weight is 200 g/mol. The second kappa shape index (κ2) is 6.01. The number of benzene rings is 1. The van der Waals surface area contributed by atoms with Crippen LogP contribution in [0.1, 0.15) is 23.6 Å². The molecule has 0 amide bonds. The van der Waals surface area contributed by atoms with E-state index in [1.165, 1.54) is 16.7 Å². The van der Waals surface area contributed by atoms with Crippen LogP contribution in [0.2, 0.25) is 0 Å². The molecule has 0 fully saturated rings. The molecule has 0 saturated heterocycles. The molecule has 2 N–H and O–H groups in total. The number of halogens is 1. The summed E-state index contributed by atoms with van der Waals surface area (Å²) in [5.74, 6) is 0. The Morgan fingerprint density at radius 2 is 1.85 bits per heavy atom. The summed E-state index contributed by atoms with van der Waals surface area (Å²) >= 11 is 0. The smallest absolute Gasteiger partial charge is 0.00366 e. The molecule has 0 heterocycles. The highest BCUT2D eigenvalue weighted by molar-refractivity contribution is 5.85. The minimum atomic E-state index is 0. The SMILES string of the molecule is CCc1cccc(CCN)c1C.Cl. The Labute approximate surface area is 86.7 Å². The van der Waals surface area contributed by atoms with E-state index in [4.69, 9.17) is 5.73 Å². The molecule has 0 aliphatic heterocycles. The van der Waals surface area contributed by atoms with E-state index in [-0.39, 0.29) is 12.4 Å². The van der Waals surface area contributed by atoms with Gasteiger partial charge in [0.2, 0.25) is 0 Å². The van der Waals surface area contributed by atoms with Gasteiger partial charge in [-0.15, -0.1) is 12.4 Å². The lowest BCUT2D eigenvalue weighted by atomic mass is 9.99. The third-order valence-electron chi connectivity index (χ3n) is 2.35. The standard InChI is InChI=1S/C11H17N.ClH/c1-3-10-5-4-6-11(7-8-12)9(10)2;/h4-6H,3,7-8,12H2,1-2H3;1H. The van der Waals surface area contributed by atoms with Crippen LogP contribution < -0.4 is 5.73 Å². The van der Waals surface area contributed by atoms with Gasteiger partial charge in [0.15, 0.2) is 0 Å². The van der Waals surface area contributed by atoms with Crippen molar-refractivity contribution in [3.63, 3.8) is 0 Å². The van der Waals surface area contributed by atoms with E-state index in [0.717, 1.165) is 19.4 Å². The zero-order chi connectivity index (χ0) is 8.97. The molecule has 0 atom stereocenters. The number of hydrogen-bond acceptors (Lipinski definition) is 1. The third-order valence-corrected chi connectivity index (χ3v) is 2.35. The van der Waals surface area contributed by atoms with Gasteiger partial charge < -0.3 is 5.73 Å². The quantitative estimate of drug-likeness (QED) is 0.796. The predicted octanol–water partition coefficient (Wildman–Crippen LogP) is 2.48. The van der Waals surface area contributed by atoms with Crippen molar-refractivity contribution < 1.29 is 0 Å². The third kappa shape index (κ3) is 3.02. The summed E-state index contributed by atoms with van der Waals surface area (Å²) in [4.78, 5) is 0. The molecule has 0 radical (unpaired) electrons. The van der Waals surface area contributed by atoms with Crippen LogP contribution in [0, 0.1) is 6.92 Å². The van der Waals surface area contributed by atoms with Crippen molar-refractivity contribution in [3.05, 3.63) is 34.9 Å². The molecule has 13 heavy (non-hydrogen) atoms. The van der Waals surface area contributed by atoms with Crippen molar-refractivity contribution in [3.8, 4) is 0 Å². The zero-order valence-corrected chi connectivity index (χ0v) is 9.16. The van der Waals surface area contributed by atoms with Gasteiger partial charge in [-0.2, -0.15) is 0 Å². The molecule has 0 aliphatic rings. The van der Waals surface area contributed by atoms with E-state index in [9.17, 15) is 0 Å². The Bertz CT molecular complexity index is 258. The Kier molecular flexibility index (Phi) is 5.76. The molecule has 1 rings (SSSR count). The summed E-state index contributed by atoms with van der Waals surface area (Å²) in [6.45, 7) is 5.12. The number of rotatable bonds is 3. The molecule has 0 saturated carbocycles. The van der Waals surface area contributed by atoms with Crippen molar-refractivity contribution in [2.75, 3.05) is 6.54 Å². The second-order valence-corrected chi connectivity index (χ2v) is 3.09. The first kappa shape index (κ1) is 12.5. The fraction of sp³-hybridized carbons (Fsp3) is 0.455. The Balaban J connectivity index is 0.00000144. The summed E-state index contributed by atoms with van der Waals surface area (Å²) in [7, 11) is 0. The van der Waals surface area contributed by atoms with Crippen molar-refractivity contribution in [1.82, 2.24) is 0 Å². The molecule has 0 aliphatic carbocycles.